The second-order valence-corrected chi connectivity index (χ2v) is 3.94. The SMILES string of the molecule is Cc1c(F)cc(N)c2c1CCC(N)C2=O.Cl.Cl. The van der Waals surface area contributed by atoms with E-state index in [1.165, 1.54) is 6.07 Å². The summed E-state index contributed by atoms with van der Waals surface area (Å²) < 4.78 is 13.4. The zero-order valence-corrected chi connectivity index (χ0v) is 11.0. The van der Waals surface area contributed by atoms with E-state index >= 15 is 0 Å². The summed E-state index contributed by atoms with van der Waals surface area (Å²) in [6.45, 7) is 1.66. The predicted octanol–water partition coefficient (Wildman–Crippen LogP) is 2.02. The Hall–Kier alpha value is -0.840. The van der Waals surface area contributed by atoms with Gasteiger partial charge in [-0.15, -0.1) is 24.8 Å². The number of ketones is 1. The molecule has 1 aromatic carbocycles. The smallest absolute Gasteiger partial charge is 0.181 e. The lowest BCUT2D eigenvalue weighted by Gasteiger charge is -2.23. The normalized spacial score (nSPS) is 17.8. The van der Waals surface area contributed by atoms with Crippen molar-refractivity contribution in [3.8, 4) is 0 Å². The minimum Gasteiger partial charge on any atom is -0.398 e. The number of nitrogen functional groups attached to an aromatic ring is 1. The second-order valence-electron chi connectivity index (χ2n) is 3.94. The number of anilines is 1. The highest BCUT2D eigenvalue weighted by Crippen LogP contribution is 2.30. The number of nitrogens with two attached hydrogens (primary N) is 2. The maximum atomic E-state index is 13.4. The van der Waals surface area contributed by atoms with Crippen LogP contribution in [0.15, 0.2) is 6.07 Å². The van der Waals surface area contributed by atoms with Gasteiger partial charge in [-0.05, 0) is 37.0 Å². The third-order valence-electron chi connectivity index (χ3n) is 2.97. The number of Topliss-reactive ketones (excluding diaryl/α,β-unsaturated/α-hetero) is 1. The Balaban J connectivity index is 0.00000128. The fourth-order valence-electron chi connectivity index (χ4n) is 2.04. The van der Waals surface area contributed by atoms with Crippen LogP contribution in [-0.2, 0) is 6.42 Å². The average Bonchev–Trinajstić information content (AvgIpc) is 2.18. The number of fused-ring (bicyclic) bond motifs is 1. The maximum Gasteiger partial charge on any atom is 0.181 e. The molecular weight excluding hydrogens is 266 g/mol. The Labute approximate surface area is 112 Å². The van der Waals surface area contributed by atoms with Gasteiger partial charge in [0.15, 0.2) is 5.78 Å². The van der Waals surface area contributed by atoms with Crippen LogP contribution in [0.3, 0.4) is 0 Å². The van der Waals surface area contributed by atoms with Gasteiger partial charge in [0.1, 0.15) is 5.82 Å². The summed E-state index contributed by atoms with van der Waals surface area (Å²) in [5.74, 6) is -0.522. The monoisotopic (exact) mass is 280 g/mol. The van der Waals surface area contributed by atoms with E-state index in [4.69, 9.17) is 11.5 Å². The standard InChI is InChI=1S/C11H13FN2O.2ClH/c1-5-6-2-3-8(13)11(15)10(6)9(14)4-7(5)12;;/h4,8H,2-3,13-14H2,1H3;2*1H. The van der Waals surface area contributed by atoms with Crippen molar-refractivity contribution in [2.24, 2.45) is 5.73 Å². The van der Waals surface area contributed by atoms with Crippen molar-refractivity contribution in [1.82, 2.24) is 0 Å². The Morgan fingerprint density at radius 3 is 2.59 bits per heavy atom. The number of halogens is 3. The molecule has 0 aliphatic heterocycles. The van der Waals surface area contributed by atoms with E-state index in [-0.39, 0.29) is 42.1 Å². The van der Waals surface area contributed by atoms with Crippen LogP contribution in [0, 0.1) is 12.7 Å². The van der Waals surface area contributed by atoms with Gasteiger partial charge in [-0.3, -0.25) is 4.79 Å². The van der Waals surface area contributed by atoms with Gasteiger partial charge in [-0.25, -0.2) is 4.39 Å². The molecule has 0 aromatic heterocycles. The van der Waals surface area contributed by atoms with Crippen molar-refractivity contribution >= 4 is 36.3 Å². The van der Waals surface area contributed by atoms with Crippen LogP contribution in [0.5, 0.6) is 0 Å². The largest absolute Gasteiger partial charge is 0.398 e. The van der Waals surface area contributed by atoms with Crippen molar-refractivity contribution in [1.29, 1.82) is 0 Å². The molecule has 0 saturated carbocycles. The van der Waals surface area contributed by atoms with Gasteiger partial charge in [-0.1, -0.05) is 0 Å². The van der Waals surface area contributed by atoms with E-state index in [9.17, 15) is 9.18 Å². The molecular formula is C11H15Cl2FN2O. The third-order valence-corrected chi connectivity index (χ3v) is 2.97. The lowest BCUT2D eigenvalue weighted by Crippen LogP contribution is -2.36. The van der Waals surface area contributed by atoms with E-state index in [1.807, 2.05) is 0 Å². The quantitative estimate of drug-likeness (QED) is 0.715. The molecule has 0 radical (unpaired) electrons. The summed E-state index contributed by atoms with van der Waals surface area (Å²) in [4.78, 5) is 11.8. The molecule has 1 aliphatic rings. The van der Waals surface area contributed by atoms with Gasteiger partial charge < -0.3 is 11.5 Å². The minimum absolute atomic E-state index is 0. The van der Waals surface area contributed by atoms with Crippen LogP contribution >= 0.6 is 24.8 Å². The molecule has 6 heteroatoms. The van der Waals surface area contributed by atoms with E-state index in [2.05, 4.69) is 0 Å². The lowest BCUT2D eigenvalue weighted by atomic mass is 9.84. The number of carbonyl (C=O) groups excluding carboxylic acids is 1. The number of benzene rings is 1. The van der Waals surface area contributed by atoms with Gasteiger partial charge >= 0.3 is 0 Å². The first-order valence-corrected chi connectivity index (χ1v) is 4.89. The molecule has 1 aromatic rings. The lowest BCUT2D eigenvalue weighted by molar-refractivity contribution is 0.0949. The van der Waals surface area contributed by atoms with Crippen LogP contribution in [0.4, 0.5) is 10.1 Å². The number of hydrogen-bond acceptors (Lipinski definition) is 3. The molecule has 0 saturated heterocycles. The first-order valence-electron chi connectivity index (χ1n) is 4.89. The molecule has 1 unspecified atom stereocenters. The van der Waals surface area contributed by atoms with Crippen LogP contribution < -0.4 is 11.5 Å². The van der Waals surface area contributed by atoms with Crippen LogP contribution in [0.2, 0.25) is 0 Å². The topological polar surface area (TPSA) is 69.1 Å². The van der Waals surface area contributed by atoms with Crippen LogP contribution in [0.25, 0.3) is 0 Å². The van der Waals surface area contributed by atoms with Crippen LogP contribution in [-0.4, -0.2) is 11.8 Å². The molecule has 0 heterocycles. The van der Waals surface area contributed by atoms with Gasteiger partial charge in [-0.2, -0.15) is 0 Å². The molecule has 2 rings (SSSR count). The number of carbonyl (C=O) groups is 1. The Kier molecular flexibility index (Phi) is 5.39. The Morgan fingerprint density at radius 1 is 1.41 bits per heavy atom. The van der Waals surface area contributed by atoms with E-state index in [0.717, 1.165) is 5.56 Å². The van der Waals surface area contributed by atoms with Gasteiger partial charge in [0.25, 0.3) is 0 Å². The molecule has 3 nitrogen and oxygen atoms in total. The first-order chi connectivity index (χ1) is 7.02. The van der Waals surface area contributed by atoms with E-state index < -0.39 is 6.04 Å². The summed E-state index contributed by atoms with van der Waals surface area (Å²) in [7, 11) is 0. The minimum atomic E-state index is -0.496. The van der Waals surface area contributed by atoms with Gasteiger partial charge in [0.2, 0.25) is 0 Å². The zero-order chi connectivity index (χ0) is 11.2. The highest BCUT2D eigenvalue weighted by atomic mass is 35.5. The summed E-state index contributed by atoms with van der Waals surface area (Å²) in [6.07, 6.45) is 1.19. The van der Waals surface area contributed by atoms with Gasteiger partial charge in [0.05, 0.1) is 6.04 Å². The summed E-state index contributed by atoms with van der Waals surface area (Å²) >= 11 is 0. The predicted molar refractivity (Wildman–Crippen MR) is 70.7 cm³/mol. The van der Waals surface area contributed by atoms with Crippen molar-refractivity contribution < 1.29 is 9.18 Å². The number of hydrogen-bond donors (Lipinski definition) is 2. The first kappa shape index (κ1) is 16.2. The zero-order valence-electron chi connectivity index (χ0n) is 9.33. The molecule has 0 fully saturated rings. The Morgan fingerprint density at radius 2 is 2.00 bits per heavy atom. The number of rotatable bonds is 0. The Bertz CT molecular complexity index is 452. The highest BCUT2D eigenvalue weighted by Gasteiger charge is 2.28. The molecule has 0 bridgehead atoms. The van der Waals surface area contributed by atoms with E-state index in [1.54, 1.807) is 6.92 Å². The molecule has 0 spiro atoms. The van der Waals surface area contributed by atoms with Crippen molar-refractivity contribution in [3.63, 3.8) is 0 Å². The highest BCUT2D eigenvalue weighted by molar-refractivity contribution is 6.06. The fraction of sp³-hybridized carbons (Fsp3) is 0.364. The molecule has 17 heavy (non-hydrogen) atoms. The maximum absolute atomic E-state index is 13.4. The fourth-order valence-corrected chi connectivity index (χ4v) is 2.04. The molecule has 1 atom stereocenters. The van der Waals surface area contributed by atoms with Crippen molar-refractivity contribution in [2.45, 2.75) is 25.8 Å². The van der Waals surface area contributed by atoms with Gasteiger partial charge in [0, 0.05) is 11.3 Å². The van der Waals surface area contributed by atoms with Crippen LogP contribution in [0.1, 0.15) is 27.9 Å². The summed E-state index contributed by atoms with van der Waals surface area (Å²) in [6, 6.07) is 0.703. The third kappa shape index (κ3) is 2.54. The molecule has 1 aliphatic carbocycles. The summed E-state index contributed by atoms with van der Waals surface area (Å²) in [5.41, 5.74) is 13.2. The second kappa shape index (κ2) is 5.67. The van der Waals surface area contributed by atoms with Crippen molar-refractivity contribution in [2.75, 3.05) is 5.73 Å². The molecule has 96 valence electrons. The van der Waals surface area contributed by atoms with E-state index in [0.29, 0.717) is 24.0 Å². The molecule has 0 amide bonds. The average molecular weight is 281 g/mol. The van der Waals surface area contributed by atoms with Crippen molar-refractivity contribution in [3.05, 3.63) is 28.6 Å². The molecule has 4 N–H and O–H groups in total. The summed E-state index contributed by atoms with van der Waals surface area (Å²) in [5, 5.41) is 0.